The number of para-hydroxylation sites is 1. The second kappa shape index (κ2) is 8.67. The van der Waals surface area contributed by atoms with Gasteiger partial charge in [0.25, 0.3) is 0 Å². The van der Waals surface area contributed by atoms with E-state index >= 15 is 0 Å². The van der Waals surface area contributed by atoms with Gasteiger partial charge in [0, 0.05) is 57.6 Å². The molecule has 0 N–H and O–H groups in total. The van der Waals surface area contributed by atoms with Crippen LogP contribution in [-0.2, 0) is 11.3 Å². The SMILES string of the molecule is O=C(CN1CCN(Cc2cnn(-c3ccccc3)c2)CC1)N1CCCCC1. The molecule has 4 rings (SSSR count). The van der Waals surface area contributed by atoms with E-state index in [1.165, 1.54) is 12.0 Å². The van der Waals surface area contributed by atoms with E-state index in [-0.39, 0.29) is 0 Å². The summed E-state index contributed by atoms with van der Waals surface area (Å²) < 4.78 is 1.93. The zero-order valence-electron chi connectivity index (χ0n) is 16.0. The number of rotatable bonds is 5. The van der Waals surface area contributed by atoms with Crippen LogP contribution in [0.2, 0.25) is 0 Å². The largest absolute Gasteiger partial charge is 0.342 e. The van der Waals surface area contributed by atoms with Crippen LogP contribution in [0.25, 0.3) is 5.69 Å². The number of carbonyl (C=O) groups excluding carboxylic acids is 1. The predicted molar refractivity (Wildman–Crippen MR) is 106 cm³/mol. The minimum Gasteiger partial charge on any atom is -0.342 e. The molecule has 6 nitrogen and oxygen atoms in total. The van der Waals surface area contributed by atoms with Crippen molar-refractivity contribution in [3.05, 3.63) is 48.3 Å². The van der Waals surface area contributed by atoms with Gasteiger partial charge in [-0.15, -0.1) is 0 Å². The topological polar surface area (TPSA) is 44.6 Å². The number of piperidine rings is 1. The highest BCUT2D eigenvalue weighted by atomic mass is 16.2. The van der Waals surface area contributed by atoms with E-state index in [1.807, 2.05) is 34.0 Å². The van der Waals surface area contributed by atoms with Crippen LogP contribution in [0.5, 0.6) is 0 Å². The van der Waals surface area contributed by atoms with Gasteiger partial charge in [0.05, 0.1) is 18.4 Å². The molecule has 27 heavy (non-hydrogen) atoms. The van der Waals surface area contributed by atoms with Crippen LogP contribution in [0.15, 0.2) is 42.7 Å². The van der Waals surface area contributed by atoms with E-state index < -0.39 is 0 Å². The lowest BCUT2D eigenvalue weighted by Crippen LogP contribution is -2.50. The summed E-state index contributed by atoms with van der Waals surface area (Å²) in [6.07, 6.45) is 7.66. The standard InChI is InChI=1S/C21H29N5O/c27-21(25-9-5-2-6-10-25)18-24-13-11-23(12-14-24)16-19-15-22-26(17-19)20-7-3-1-4-8-20/h1,3-4,7-8,15,17H,2,5-6,9-14,16,18H2. The number of hydrogen-bond donors (Lipinski definition) is 0. The van der Waals surface area contributed by atoms with Crippen molar-refractivity contribution in [2.24, 2.45) is 0 Å². The quantitative estimate of drug-likeness (QED) is 0.811. The fourth-order valence-electron chi connectivity index (χ4n) is 3.96. The van der Waals surface area contributed by atoms with Gasteiger partial charge in [-0.05, 0) is 31.4 Å². The van der Waals surface area contributed by atoms with Gasteiger partial charge >= 0.3 is 0 Å². The maximum Gasteiger partial charge on any atom is 0.236 e. The van der Waals surface area contributed by atoms with Gasteiger partial charge in [-0.3, -0.25) is 14.6 Å². The van der Waals surface area contributed by atoms with E-state index in [4.69, 9.17) is 0 Å². The van der Waals surface area contributed by atoms with Gasteiger partial charge in [-0.1, -0.05) is 18.2 Å². The number of likely N-dealkylation sites (tertiary alicyclic amines) is 1. The number of amides is 1. The van der Waals surface area contributed by atoms with Crippen molar-refractivity contribution in [1.82, 2.24) is 24.5 Å². The highest BCUT2D eigenvalue weighted by molar-refractivity contribution is 5.78. The second-order valence-electron chi connectivity index (χ2n) is 7.62. The minimum absolute atomic E-state index is 0.312. The van der Waals surface area contributed by atoms with Gasteiger partial charge in [-0.25, -0.2) is 4.68 Å². The van der Waals surface area contributed by atoms with E-state index in [9.17, 15) is 4.79 Å². The van der Waals surface area contributed by atoms with Crippen LogP contribution in [0.1, 0.15) is 24.8 Å². The first-order valence-electron chi connectivity index (χ1n) is 10.1. The minimum atomic E-state index is 0.312. The molecule has 2 fully saturated rings. The summed E-state index contributed by atoms with van der Waals surface area (Å²) >= 11 is 0. The maximum absolute atomic E-state index is 12.4. The van der Waals surface area contributed by atoms with Gasteiger partial charge in [0.15, 0.2) is 0 Å². The zero-order chi connectivity index (χ0) is 18.5. The Bertz CT molecular complexity index is 730. The smallest absolute Gasteiger partial charge is 0.236 e. The zero-order valence-corrected chi connectivity index (χ0v) is 16.0. The Labute approximate surface area is 161 Å². The van der Waals surface area contributed by atoms with Crippen molar-refractivity contribution in [2.75, 3.05) is 45.8 Å². The van der Waals surface area contributed by atoms with Gasteiger partial charge in [0.2, 0.25) is 5.91 Å². The van der Waals surface area contributed by atoms with Crippen LogP contribution in [0, 0.1) is 0 Å². The van der Waals surface area contributed by atoms with Crippen molar-refractivity contribution in [3.63, 3.8) is 0 Å². The van der Waals surface area contributed by atoms with Gasteiger partial charge < -0.3 is 4.90 Å². The Kier molecular flexibility index (Phi) is 5.84. The summed E-state index contributed by atoms with van der Waals surface area (Å²) in [6, 6.07) is 10.2. The van der Waals surface area contributed by atoms with Gasteiger partial charge in [0.1, 0.15) is 0 Å². The van der Waals surface area contributed by atoms with Crippen LogP contribution < -0.4 is 0 Å². The molecular weight excluding hydrogens is 338 g/mol. The average molecular weight is 367 g/mol. The summed E-state index contributed by atoms with van der Waals surface area (Å²) in [5, 5.41) is 4.49. The molecule has 2 aromatic rings. The molecule has 144 valence electrons. The summed E-state index contributed by atoms with van der Waals surface area (Å²) in [6.45, 7) is 7.33. The summed E-state index contributed by atoms with van der Waals surface area (Å²) in [7, 11) is 0. The molecule has 0 atom stereocenters. The highest BCUT2D eigenvalue weighted by Crippen LogP contribution is 2.13. The first kappa shape index (κ1) is 18.2. The summed E-state index contributed by atoms with van der Waals surface area (Å²) in [5.41, 5.74) is 2.32. The molecule has 0 radical (unpaired) electrons. The number of benzene rings is 1. The summed E-state index contributed by atoms with van der Waals surface area (Å²) in [5.74, 6) is 0.312. The lowest BCUT2D eigenvalue weighted by atomic mass is 10.1. The molecule has 2 aliphatic heterocycles. The molecule has 0 aliphatic carbocycles. The number of aromatic nitrogens is 2. The molecule has 2 saturated heterocycles. The number of hydrogen-bond acceptors (Lipinski definition) is 4. The van der Waals surface area contributed by atoms with Crippen molar-refractivity contribution in [1.29, 1.82) is 0 Å². The van der Waals surface area contributed by atoms with Gasteiger partial charge in [-0.2, -0.15) is 5.10 Å². The molecule has 0 saturated carbocycles. The Morgan fingerprint density at radius 2 is 1.59 bits per heavy atom. The highest BCUT2D eigenvalue weighted by Gasteiger charge is 2.23. The van der Waals surface area contributed by atoms with Crippen LogP contribution >= 0.6 is 0 Å². The van der Waals surface area contributed by atoms with E-state index in [1.54, 1.807) is 0 Å². The van der Waals surface area contributed by atoms with E-state index in [0.717, 1.165) is 64.3 Å². The number of piperazine rings is 1. The maximum atomic E-state index is 12.4. The molecule has 0 bridgehead atoms. The molecule has 0 unspecified atom stereocenters. The molecule has 1 aromatic carbocycles. The Hall–Kier alpha value is -2.18. The third-order valence-electron chi connectivity index (χ3n) is 5.60. The van der Waals surface area contributed by atoms with E-state index in [2.05, 4.69) is 33.2 Å². The van der Waals surface area contributed by atoms with Crippen molar-refractivity contribution in [2.45, 2.75) is 25.8 Å². The van der Waals surface area contributed by atoms with E-state index in [0.29, 0.717) is 12.5 Å². The average Bonchev–Trinajstić information content (AvgIpc) is 3.19. The number of carbonyl (C=O) groups is 1. The fraction of sp³-hybridized carbons (Fsp3) is 0.524. The Morgan fingerprint density at radius 3 is 2.33 bits per heavy atom. The van der Waals surface area contributed by atoms with Crippen LogP contribution in [0.3, 0.4) is 0 Å². The van der Waals surface area contributed by atoms with Crippen LogP contribution in [0.4, 0.5) is 0 Å². The van der Waals surface area contributed by atoms with Crippen molar-refractivity contribution < 1.29 is 4.79 Å². The molecule has 6 heteroatoms. The molecule has 0 spiro atoms. The van der Waals surface area contributed by atoms with Crippen molar-refractivity contribution in [3.8, 4) is 5.69 Å². The molecular formula is C21H29N5O. The lowest BCUT2D eigenvalue weighted by molar-refractivity contribution is -0.133. The third kappa shape index (κ3) is 4.76. The predicted octanol–water partition coefficient (Wildman–Crippen LogP) is 2.00. The normalized spacial score (nSPS) is 19.3. The van der Waals surface area contributed by atoms with Crippen LogP contribution in [-0.4, -0.2) is 76.2 Å². The van der Waals surface area contributed by atoms with Crippen molar-refractivity contribution >= 4 is 5.91 Å². The Morgan fingerprint density at radius 1 is 0.889 bits per heavy atom. The second-order valence-corrected chi connectivity index (χ2v) is 7.62. The number of nitrogens with zero attached hydrogens (tertiary/aromatic N) is 5. The molecule has 3 heterocycles. The Balaban J connectivity index is 1.24. The lowest BCUT2D eigenvalue weighted by Gasteiger charge is -2.35. The molecule has 2 aliphatic rings. The molecule has 1 aromatic heterocycles. The molecule has 1 amide bonds. The fourth-order valence-corrected chi connectivity index (χ4v) is 3.96. The first-order valence-corrected chi connectivity index (χ1v) is 10.1. The first-order chi connectivity index (χ1) is 13.3. The third-order valence-corrected chi connectivity index (χ3v) is 5.60. The monoisotopic (exact) mass is 367 g/mol. The summed E-state index contributed by atoms with van der Waals surface area (Å²) in [4.78, 5) is 19.2.